The monoisotopic (exact) mass is 287 g/mol. The summed E-state index contributed by atoms with van der Waals surface area (Å²) in [5.74, 6) is 1.40. The van der Waals surface area contributed by atoms with E-state index in [1.54, 1.807) is 0 Å². The molecule has 0 amide bonds. The molecule has 4 atom stereocenters. The first-order chi connectivity index (χ1) is 10.00. The molecular formula is C19H29NO. The van der Waals surface area contributed by atoms with Crippen molar-refractivity contribution >= 4 is 0 Å². The lowest BCUT2D eigenvalue weighted by Crippen LogP contribution is -2.66. The molecule has 4 unspecified atom stereocenters. The largest absolute Gasteiger partial charge is 0.377 e. The van der Waals surface area contributed by atoms with Gasteiger partial charge in [-0.05, 0) is 24.3 Å². The van der Waals surface area contributed by atoms with Gasteiger partial charge in [0.15, 0.2) is 0 Å². The minimum atomic E-state index is 0.255. The Morgan fingerprint density at radius 2 is 1.95 bits per heavy atom. The number of fused-ring (bicyclic) bond motifs is 1. The Morgan fingerprint density at radius 3 is 2.62 bits per heavy atom. The van der Waals surface area contributed by atoms with Crippen molar-refractivity contribution in [3.05, 3.63) is 35.9 Å². The van der Waals surface area contributed by atoms with E-state index in [1.807, 2.05) is 0 Å². The molecule has 2 nitrogen and oxygen atoms in total. The van der Waals surface area contributed by atoms with Crippen molar-refractivity contribution < 1.29 is 4.74 Å². The fourth-order valence-corrected chi connectivity index (χ4v) is 4.34. The molecule has 116 valence electrons. The fourth-order valence-electron chi connectivity index (χ4n) is 4.34. The molecule has 3 rings (SSSR count). The molecule has 1 saturated heterocycles. The third-order valence-corrected chi connectivity index (χ3v) is 5.39. The molecule has 2 fully saturated rings. The standard InChI is InChI=1S/C19H29NO/c1-13(2)12-16(14-8-6-5-7-9-14)20-17-15-10-11-21-18(15)19(17,3)4/h5-9,13,15-18,20H,10-12H2,1-4H3. The summed E-state index contributed by atoms with van der Waals surface area (Å²) < 4.78 is 5.93. The second-order valence-electron chi connectivity index (χ2n) is 7.80. The molecule has 1 heterocycles. The Labute approximate surface area is 129 Å². The van der Waals surface area contributed by atoms with E-state index in [1.165, 1.54) is 18.4 Å². The Morgan fingerprint density at radius 1 is 1.24 bits per heavy atom. The number of rotatable bonds is 5. The molecule has 1 N–H and O–H groups in total. The van der Waals surface area contributed by atoms with Gasteiger partial charge in [0.1, 0.15) is 0 Å². The van der Waals surface area contributed by atoms with Gasteiger partial charge in [-0.15, -0.1) is 0 Å². The number of nitrogens with one attached hydrogen (secondary N) is 1. The van der Waals surface area contributed by atoms with E-state index < -0.39 is 0 Å². The molecule has 1 aliphatic carbocycles. The summed E-state index contributed by atoms with van der Waals surface area (Å²) >= 11 is 0. The number of ether oxygens (including phenoxy) is 1. The van der Waals surface area contributed by atoms with Crippen LogP contribution in [0.2, 0.25) is 0 Å². The Balaban J connectivity index is 1.76. The first kappa shape index (κ1) is 15.1. The first-order valence-electron chi connectivity index (χ1n) is 8.42. The van der Waals surface area contributed by atoms with Gasteiger partial charge in [0.05, 0.1) is 6.10 Å². The average Bonchev–Trinajstić information content (AvgIpc) is 2.90. The predicted molar refractivity (Wildman–Crippen MR) is 87.2 cm³/mol. The average molecular weight is 287 g/mol. The third-order valence-electron chi connectivity index (χ3n) is 5.39. The number of benzene rings is 1. The lowest BCUT2D eigenvalue weighted by Gasteiger charge is -2.56. The van der Waals surface area contributed by atoms with E-state index in [9.17, 15) is 0 Å². The van der Waals surface area contributed by atoms with Gasteiger partial charge in [-0.1, -0.05) is 58.0 Å². The summed E-state index contributed by atoms with van der Waals surface area (Å²) in [6.07, 6.45) is 2.87. The highest BCUT2D eigenvalue weighted by Gasteiger charge is 2.59. The van der Waals surface area contributed by atoms with Crippen LogP contribution in [-0.2, 0) is 4.74 Å². The van der Waals surface area contributed by atoms with E-state index in [0.29, 0.717) is 30.0 Å². The third kappa shape index (κ3) is 2.76. The van der Waals surface area contributed by atoms with Crippen LogP contribution in [0.25, 0.3) is 0 Å². The normalized spacial score (nSPS) is 31.8. The highest BCUT2D eigenvalue weighted by atomic mass is 16.5. The quantitative estimate of drug-likeness (QED) is 0.877. The van der Waals surface area contributed by atoms with Gasteiger partial charge in [-0.3, -0.25) is 0 Å². The lowest BCUT2D eigenvalue weighted by molar-refractivity contribution is -0.116. The van der Waals surface area contributed by atoms with Crippen LogP contribution in [0, 0.1) is 17.3 Å². The van der Waals surface area contributed by atoms with Crippen LogP contribution in [0.15, 0.2) is 30.3 Å². The van der Waals surface area contributed by atoms with Gasteiger partial charge >= 0.3 is 0 Å². The molecule has 21 heavy (non-hydrogen) atoms. The zero-order valence-corrected chi connectivity index (χ0v) is 13.8. The second kappa shape index (κ2) is 5.73. The minimum Gasteiger partial charge on any atom is -0.377 e. The lowest BCUT2D eigenvalue weighted by atomic mass is 9.57. The molecule has 1 aromatic carbocycles. The smallest absolute Gasteiger partial charge is 0.0685 e. The first-order valence-corrected chi connectivity index (χ1v) is 8.42. The van der Waals surface area contributed by atoms with Crippen molar-refractivity contribution in [3.8, 4) is 0 Å². The maximum atomic E-state index is 5.93. The van der Waals surface area contributed by atoms with E-state index in [4.69, 9.17) is 4.74 Å². The van der Waals surface area contributed by atoms with Gasteiger partial charge in [0.2, 0.25) is 0 Å². The molecule has 0 bridgehead atoms. The van der Waals surface area contributed by atoms with Crippen LogP contribution >= 0.6 is 0 Å². The highest BCUT2D eigenvalue weighted by molar-refractivity contribution is 5.21. The Hall–Kier alpha value is -0.860. The molecule has 1 saturated carbocycles. The summed E-state index contributed by atoms with van der Waals surface area (Å²) in [6, 6.07) is 12.0. The van der Waals surface area contributed by atoms with E-state index in [0.717, 1.165) is 6.61 Å². The molecule has 2 heteroatoms. The molecule has 1 aromatic rings. The van der Waals surface area contributed by atoms with Gasteiger partial charge in [0.25, 0.3) is 0 Å². The zero-order valence-electron chi connectivity index (χ0n) is 13.8. The fraction of sp³-hybridized carbons (Fsp3) is 0.684. The van der Waals surface area contributed by atoms with Crippen molar-refractivity contribution in [2.45, 2.75) is 58.7 Å². The summed E-state index contributed by atoms with van der Waals surface area (Å²) in [4.78, 5) is 0. The van der Waals surface area contributed by atoms with Crippen LogP contribution < -0.4 is 5.32 Å². The van der Waals surface area contributed by atoms with Gasteiger partial charge in [-0.25, -0.2) is 0 Å². The molecule has 0 aromatic heterocycles. The molecule has 0 radical (unpaired) electrons. The van der Waals surface area contributed by atoms with Gasteiger partial charge in [0, 0.05) is 30.0 Å². The number of hydrogen-bond donors (Lipinski definition) is 1. The molecule has 0 spiro atoms. The van der Waals surface area contributed by atoms with E-state index in [2.05, 4.69) is 63.3 Å². The summed E-state index contributed by atoms with van der Waals surface area (Å²) in [5, 5.41) is 3.98. The van der Waals surface area contributed by atoms with Gasteiger partial charge < -0.3 is 10.1 Å². The maximum Gasteiger partial charge on any atom is 0.0685 e. The molecule has 1 aliphatic heterocycles. The Bertz CT molecular complexity index is 468. The topological polar surface area (TPSA) is 21.3 Å². The van der Waals surface area contributed by atoms with Crippen LogP contribution in [0.5, 0.6) is 0 Å². The van der Waals surface area contributed by atoms with Crippen LogP contribution in [0.1, 0.15) is 52.1 Å². The summed E-state index contributed by atoms with van der Waals surface area (Å²) in [7, 11) is 0. The highest BCUT2D eigenvalue weighted by Crippen LogP contribution is 2.52. The van der Waals surface area contributed by atoms with E-state index in [-0.39, 0.29) is 5.41 Å². The SMILES string of the molecule is CC(C)CC(NC1C2CCOC2C1(C)C)c1ccccc1. The summed E-state index contributed by atoms with van der Waals surface area (Å²) in [6.45, 7) is 10.3. The van der Waals surface area contributed by atoms with Crippen molar-refractivity contribution in [2.24, 2.45) is 17.3 Å². The minimum absolute atomic E-state index is 0.255. The van der Waals surface area contributed by atoms with Crippen molar-refractivity contribution in [2.75, 3.05) is 6.61 Å². The van der Waals surface area contributed by atoms with Crippen LogP contribution in [-0.4, -0.2) is 18.8 Å². The van der Waals surface area contributed by atoms with Gasteiger partial charge in [-0.2, -0.15) is 0 Å². The maximum absolute atomic E-state index is 5.93. The van der Waals surface area contributed by atoms with Crippen LogP contribution in [0.4, 0.5) is 0 Å². The van der Waals surface area contributed by atoms with E-state index >= 15 is 0 Å². The molecule has 2 aliphatic rings. The van der Waals surface area contributed by atoms with Crippen molar-refractivity contribution in [3.63, 3.8) is 0 Å². The van der Waals surface area contributed by atoms with Crippen molar-refractivity contribution in [1.82, 2.24) is 5.32 Å². The summed E-state index contributed by atoms with van der Waals surface area (Å²) in [5.41, 5.74) is 1.68. The van der Waals surface area contributed by atoms with Crippen molar-refractivity contribution in [1.29, 1.82) is 0 Å². The zero-order chi connectivity index (χ0) is 15.0. The van der Waals surface area contributed by atoms with Crippen LogP contribution in [0.3, 0.4) is 0 Å². The Kier molecular flexibility index (Phi) is 4.11. The predicted octanol–water partition coefficient (Wildman–Crippen LogP) is 4.18. The molecular weight excluding hydrogens is 258 g/mol. The number of hydrogen-bond acceptors (Lipinski definition) is 2. The second-order valence-corrected chi connectivity index (χ2v) is 7.80.